The summed E-state index contributed by atoms with van der Waals surface area (Å²) in [7, 11) is 1.85. The van der Waals surface area contributed by atoms with E-state index in [0.29, 0.717) is 0 Å². The molecule has 0 aromatic rings. The smallest absolute Gasteiger partial charge is 0.239 e. The van der Waals surface area contributed by atoms with Crippen LogP contribution in [0, 0.1) is 0 Å². The maximum absolute atomic E-state index is 11.8. The fourth-order valence-electron chi connectivity index (χ4n) is 1.68. The number of allylic oxidation sites excluding steroid dienone is 1. The Morgan fingerprint density at radius 3 is 2.93 bits per heavy atom. The standard InChI is InChI=1S/C11H20N2O/c1-9(2)6-8-13-7-4-5-10(12-3)11(13)14/h6,10,12H,4-5,7-8H2,1-3H3. The number of carbonyl (C=O) groups excluding carboxylic acids is 1. The van der Waals surface area contributed by atoms with Crippen LogP contribution < -0.4 is 5.32 Å². The summed E-state index contributed by atoms with van der Waals surface area (Å²) in [5.41, 5.74) is 1.27. The summed E-state index contributed by atoms with van der Waals surface area (Å²) in [6.07, 6.45) is 4.18. The minimum atomic E-state index is 0.0364. The van der Waals surface area contributed by atoms with Crippen molar-refractivity contribution in [2.75, 3.05) is 20.1 Å². The van der Waals surface area contributed by atoms with E-state index in [2.05, 4.69) is 25.2 Å². The SMILES string of the molecule is CNC1CCCN(CC=C(C)C)C1=O. The molecule has 1 aliphatic heterocycles. The predicted octanol–water partition coefficient (Wildman–Crippen LogP) is 1.16. The van der Waals surface area contributed by atoms with E-state index in [1.54, 1.807) is 0 Å². The van der Waals surface area contributed by atoms with Crippen LogP contribution in [-0.2, 0) is 4.79 Å². The molecule has 1 unspecified atom stereocenters. The van der Waals surface area contributed by atoms with E-state index < -0.39 is 0 Å². The Bertz CT molecular complexity index is 231. The lowest BCUT2D eigenvalue weighted by atomic mass is 10.1. The number of piperidine rings is 1. The number of hydrogen-bond acceptors (Lipinski definition) is 2. The van der Waals surface area contributed by atoms with Gasteiger partial charge in [-0.15, -0.1) is 0 Å². The Morgan fingerprint density at radius 2 is 2.36 bits per heavy atom. The molecule has 1 saturated heterocycles. The summed E-state index contributed by atoms with van der Waals surface area (Å²) in [5, 5.41) is 3.06. The monoisotopic (exact) mass is 196 g/mol. The molecule has 14 heavy (non-hydrogen) atoms. The van der Waals surface area contributed by atoms with Gasteiger partial charge in [-0.05, 0) is 33.7 Å². The van der Waals surface area contributed by atoms with Crippen LogP contribution in [0.5, 0.6) is 0 Å². The van der Waals surface area contributed by atoms with Crippen LogP contribution in [0.3, 0.4) is 0 Å². The van der Waals surface area contributed by atoms with Gasteiger partial charge in [0, 0.05) is 13.1 Å². The molecule has 0 aromatic heterocycles. The molecule has 0 radical (unpaired) electrons. The summed E-state index contributed by atoms with van der Waals surface area (Å²) in [6.45, 7) is 5.79. The number of nitrogens with one attached hydrogen (secondary N) is 1. The van der Waals surface area contributed by atoms with Crippen molar-refractivity contribution in [2.24, 2.45) is 0 Å². The average molecular weight is 196 g/mol. The predicted molar refractivity (Wildman–Crippen MR) is 58.1 cm³/mol. The molecule has 1 atom stereocenters. The van der Waals surface area contributed by atoms with Gasteiger partial charge >= 0.3 is 0 Å². The van der Waals surface area contributed by atoms with Crippen molar-refractivity contribution in [1.82, 2.24) is 10.2 Å². The Hall–Kier alpha value is -0.830. The molecule has 1 aliphatic rings. The van der Waals surface area contributed by atoms with Gasteiger partial charge < -0.3 is 10.2 Å². The molecule has 1 rings (SSSR count). The van der Waals surface area contributed by atoms with E-state index in [4.69, 9.17) is 0 Å². The van der Waals surface area contributed by atoms with E-state index >= 15 is 0 Å². The first-order chi connectivity index (χ1) is 6.65. The highest BCUT2D eigenvalue weighted by Crippen LogP contribution is 2.11. The number of hydrogen-bond donors (Lipinski definition) is 1. The number of likely N-dealkylation sites (tertiary alicyclic amines) is 1. The van der Waals surface area contributed by atoms with Crippen molar-refractivity contribution in [3.8, 4) is 0 Å². The molecule has 1 amide bonds. The lowest BCUT2D eigenvalue weighted by Crippen LogP contribution is -2.49. The number of nitrogens with zero attached hydrogens (tertiary/aromatic N) is 1. The van der Waals surface area contributed by atoms with Crippen molar-refractivity contribution in [1.29, 1.82) is 0 Å². The third-order valence-electron chi connectivity index (χ3n) is 2.60. The van der Waals surface area contributed by atoms with Crippen molar-refractivity contribution in [3.05, 3.63) is 11.6 Å². The van der Waals surface area contributed by atoms with Gasteiger partial charge in [0.05, 0.1) is 6.04 Å². The molecule has 3 nitrogen and oxygen atoms in total. The molecule has 1 fully saturated rings. The zero-order chi connectivity index (χ0) is 10.6. The maximum atomic E-state index is 11.8. The molecule has 0 aliphatic carbocycles. The van der Waals surface area contributed by atoms with Crippen molar-refractivity contribution >= 4 is 5.91 Å². The summed E-state index contributed by atoms with van der Waals surface area (Å²) in [6, 6.07) is 0.0364. The summed E-state index contributed by atoms with van der Waals surface area (Å²) in [5.74, 6) is 0.247. The van der Waals surface area contributed by atoms with Crippen LogP contribution >= 0.6 is 0 Å². The molecule has 0 bridgehead atoms. The van der Waals surface area contributed by atoms with Crippen LogP contribution in [0.15, 0.2) is 11.6 Å². The van der Waals surface area contributed by atoms with E-state index in [1.165, 1.54) is 5.57 Å². The maximum Gasteiger partial charge on any atom is 0.239 e. The first-order valence-electron chi connectivity index (χ1n) is 5.24. The van der Waals surface area contributed by atoms with Gasteiger partial charge in [-0.1, -0.05) is 11.6 Å². The third kappa shape index (κ3) is 2.84. The second-order valence-electron chi connectivity index (χ2n) is 4.05. The Morgan fingerprint density at radius 1 is 1.64 bits per heavy atom. The van der Waals surface area contributed by atoms with Gasteiger partial charge in [0.1, 0.15) is 0 Å². The molecule has 1 heterocycles. The van der Waals surface area contributed by atoms with Crippen LogP contribution in [-0.4, -0.2) is 37.0 Å². The minimum Gasteiger partial charge on any atom is -0.338 e. The zero-order valence-electron chi connectivity index (χ0n) is 9.34. The molecule has 80 valence electrons. The van der Waals surface area contributed by atoms with E-state index in [1.807, 2.05) is 11.9 Å². The van der Waals surface area contributed by atoms with Gasteiger partial charge in [-0.2, -0.15) is 0 Å². The second-order valence-corrected chi connectivity index (χ2v) is 4.05. The van der Waals surface area contributed by atoms with Crippen LogP contribution in [0.1, 0.15) is 26.7 Å². The van der Waals surface area contributed by atoms with Crippen LogP contribution in [0.2, 0.25) is 0 Å². The highest BCUT2D eigenvalue weighted by molar-refractivity contribution is 5.82. The zero-order valence-corrected chi connectivity index (χ0v) is 9.34. The van der Waals surface area contributed by atoms with E-state index in [-0.39, 0.29) is 11.9 Å². The Balaban J connectivity index is 2.52. The number of rotatable bonds is 3. The summed E-state index contributed by atoms with van der Waals surface area (Å²) >= 11 is 0. The first-order valence-corrected chi connectivity index (χ1v) is 5.24. The lowest BCUT2D eigenvalue weighted by molar-refractivity contribution is -0.135. The molecule has 0 spiro atoms. The van der Waals surface area contributed by atoms with Gasteiger partial charge in [0.2, 0.25) is 5.91 Å². The summed E-state index contributed by atoms with van der Waals surface area (Å²) in [4.78, 5) is 13.7. The van der Waals surface area contributed by atoms with Crippen molar-refractivity contribution < 1.29 is 4.79 Å². The molecule has 3 heteroatoms. The van der Waals surface area contributed by atoms with Gasteiger partial charge in [0.25, 0.3) is 0 Å². The molecular formula is C11H20N2O. The Labute approximate surface area is 86.2 Å². The molecule has 0 aromatic carbocycles. The van der Waals surface area contributed by atoms with Gasteiger partial charge in [0.15, 0.2) is 0 Å². The van der Waals surface area contributed by atoms with Crippen LogP contribution in [0.25, 0.3) is 0 Å². The van der Waals surface area contributed by atoms with Crippen LogP contribution in [0.4, 0.5) is 0 Å². The van der Waals surface area contributed by atoms with Crippen molar-refractivity contribution in [3.63, 3.8) is 0 Å². The second kappa shape index (κ2) is 5.15. The van der Waals surface area contributed by atoms with Gasteiger partial charge in [-0.3, -0.25) is 4.79 Å². The molecular weight excluding hydrogens is 176 g/mol. The van der Waals surface area contributed by atoms with E-state index in [9.17, 15) is 4.79 Å². The topological polar surface area (TPSA) is 32.3 Å². The number of amides is 1. The molecule has 0 saturated carbocycles. The lowest BCUT2D eigenvalue weighted by Gasteiger charge is -2.31. The Kier molecular flexibility index (Phi) is 4.14. The van der Waals surface area contributed by atoms with E-state index in [0.717, 1.165) is 25.9 Å². The quantitative estimate of drug-likeness (QED) is 0.687. The summed E-state index contributed by atoms with van der Waals surface area (Å²) < 4.78 is 0. The molecule has 1 N–H and O–H groups in total. The highest BCUT2D eigenvalue weighted by Gasteiger charge is 2.26. The van der Waals surface area contributed by atoms with Crippen molar-refractivity contribution in [2.45, 2.75) is 32.7 Å². The van der Waals surface area contributed by atoms with Gasteiger partial charge in [-0.25, -0.2) is 0 Å². The fourth-order valence-corrected chi connectivity index (χ4v) is 1.68. The number of likely N-dealkylation sites (N-methyl/N-ethyl adjacent to an activating group) is 1. The minimum absolute atomic E-state index is 0.0364. The fraction of sp³-hybridized carbons (Fsp3) is 0.727. The normalized spacial score (nSPS) is 22.4. The highest BCUT2D eigenvalue weighted by atomic mass is 16.2. The largest absolute Gasteiger partial charge is 0.338 e. The number of carbonyl (C=O) groups is 1. The first kappa shape index (κ1) is 11.2. The third-order valence-corrected chi connectivity index (χ3v) is 2.60. The average Bonchev–Trinajstić information content (AvgIpc) is 2.16.